The van der Waals surface area contributed by atoms with Gasteiger partial charge >= 0.3 is 5.97 Å². The Labute approximate surface area is 88.0 Å². The van der Waals surface area contributed by atoms with E-state index in [-0.39, 0.29) is 15.6 Å². The summed E-state index contributed by atoms with van der Waals surface area (Å²) in [6.07, 6.45) is 0. The molecule has 1 aromatic carbocycles. The molecule has 0 saturated heterocycles. The van der Waals surface area contributed by atoms with E-state index < -0.39 is 11.8 Å². The average Bonchev–Trinajstić information content (AvgIpc) is 2.67. The highest BCUT2D eigenvalue weighted by Gasteiger charge is 2.14. The Morgan fingerprint density at radius 2 is 2.07 bits per heavy atom. The maximum absolute atomic E-state index is 13.3. The third-order valence-corrected chi connectivity index (χ3v) is 2.66. The second-order valence-corrected chi connectivity index (χ2v) is 3.67. The number of benzene rings is 1. The Morgan fingerprint density at radius 1 is 1.33 bits per heavy atom. The van der Waals surface area contributed by atoms with Crippen LogP contribution in [-0.2, 0) is 0 Å². The van der Waals surface area contributed by atoms with Crippen LogP contribution < -0.4 is 0 Å². The molecule has 0 radical (unpaired) electrons. The first-order valence-electron chi connectivity index (χ1n) is 4.00. The first-order valence-corrected chi connectivity index (χ1v) is 4.82. The summed E-state index contributed by atoms with van der Waals surface area (Å²) in [7, 11) is 0. The summed E-state index contributed by atoms with van der Waals surface area (Å²) in [4.78, 5) is 10.5. The fourth-order valence-electron chi connectivity index (χ4n) is 1.05. The Kier molecular flexibility index (Phi) is 2.42. The Balaban J connectivity index is 2.46. The van der Waals surface area contributed by atoms with Crippen molar-refractivity contribution in [3.8, 4) is 10.6 Å². The highest BCUT2D eigenvalue weighted by molar-refractivity contribution is 7.16. The molecule has 15 heavy (non-hydrogen) atoms. The van der Waals surface area contributed by atoms with E-state index in [1.54, 1.807) is 12.1 Å². The normalized spacial score (nSPS) is 10.2. The van der Waals surface area contributed by atoms with Crippen LogP contribution in [0.2, 0.25) is 0 Å². The summed E-state index contributed by atoms with van der Waals surface area (Å²) < 4.78 is 13.3. The third kappa shape index (κ3) is 1.84. The first kappa shape index (κ1) is 9.72. The standard InChI is InChI=1S/C9H5FN2O2S/c10-6-4-2-1-3-5(6)7-11-12-8(15-7)9(13)14/h1-4H,(H,13,14). The number of hydrogen-bond donors (Lipinski definition) is 1. The summed E-state index contributed by atoms with van der Waals surface area (Å²) in [5, 5.41) is 15.8. The van der Waals surface area contributed by atoms with Gasteiger partial charge in [0.1, 0.15) is 5.82 Å². The van der Waals surface area contributed by atoms with Gasteiger partial charge in [0.25, 0.3) is 0 Å². The zero-order valence-corrected chi connectivity index (χ0v) is 8.16. The number of hydrogen-bond acceptors (Lipinski definition) is 4. The number of aromatic carboxylic acids is 1. The van der Waals surface area contributed by atoms with Gasteiger partial charge in [0.2, 0.25) is 5.01 Å². The lowest BCUT2D eigenvalue weighted by Gasteiger charge is -1.95. The SMILES string of the molecule is O=C(O)c1nnc(-c2ccccc2F)s1. The van der Waals surface area contributed by atoms with Crippen LogP contribution in [0.3, 0.4) is 0 Å². The van der Waals surface area contributed by atoms with Gasteiger partial charge in [0.15, 0.2) is 5.01 Å². The molecule has 4 nitrogen and oxygen atoms in total. The molecule has 0 amide bonds. The second kappa shape index (κ2) is 3.74. The highest BCUT2D eigenvalue weighted by atomic mass is 32.1. The topological polar surface area (TPSA) is 63.1 Å². The predicted octanol–water partition coefficient (Wildman–Crippen LogP) is 2.04. The molecular weight excluding hydrogens is 219 g/mol. The van der Waals surface area contributed by atoms with Crippen molar-refractivity contribution < 1.29 is 14.3 Å². The van der Waals surface area contributed by atoms with E-state index in [9.17, 15) is 9.18 Å². The molecule has 2 rings (SSSR count). The van der Waals surface area contributed by atoms with Crippen LogP contribution in [0.4, 0.5) is 4.39 Å². The Bertz CT molecular complexity index is 512. The van der Waals surface area contributed by atoms with Crippen LogP contribution in [0.25, 0.3) is 10.6 Å². The molecule has 0 aliphatic rings. The third-order valence-electron chi connectivity index (χ3n) is 1.71. The molecule has 0 spiro atoms. The number of halogens is 1. The molecule has 2 aromatic rings. The van der Waals surface area contributed by atoms with E-state index in [1.807, 2.05) is 0 Å². The van der Waals surface area contributed by atoms with Crippen molar-refractivity contribution in [2.75, 3.05) is 0 Å². The Hall–Kier alpha value is -1.82. The molecule has 1 aromatic heterocycles. The highest BCUT2D eigenvalue weighted by Crippen LogP contribution is 2.25. The molecule has 0 unspecified atom stereocenters. The molecule has 1 N–H and O–H groups in total. The lowest BCUT2D eigenvalue weighted by Crippen LogP contribution is -1.93. The van der Waals surface area contributed by atoms with Gasteiger partial charge in [-0.15, -0.1) is 10.2 Å². The summed E-state index contributed by atoms with van der Waals surface area (Å²) >= 11 is 0.846. The van der Waals surface area contributed by atoms with Gasteiger partial charge in [-0.3, -0.25) is 0 Å². The van der Waals surface area contributed by atoms with Crippen LogP contribution in [0, 0.1) is 5.82 Å². The lowest BCUT2D eigenvalue weighted by atomic mass is 10.2. The molecule has 0 bridgehead atoms. The maximum atomic E-state index is 13.3. The van der Waals surface area contributed by atoms with Crippen molar-refractivity contribution in [2.24, 2.45) is 0 Å². The van der Waals surface area contributed by atoms with Gasteiger partial charge < -0.3 is 5.11 Å². The molecule has 1 heterocycles. The quantitative estimate of drug-likeness (QED) is 0.847. The van der Waals surface area contributed by atoms with Gasteiger partial charge in [0.05, 0.1) is 0 Å². The number of rotatable bonds is 2. The predicted molar refractivity (Wildman–Crippen MR) is 52.3 cm³/mol. The van der Waals surface area contributed by atoms with Crippen LogP contribution in [0.15, 0.2) is 24.3 Å². The van der Waals surface area contributed by atoms with Crippen LogP contribution in [-0.4, -0.2) is 21.3 Å². The zero-order valence-electron chi connectivity index (χ0n) is 7.35. The van der Waals surface area contributed by atoms with Crippen LogP contribution >= 0.6 is 11.3 Å². The molecular formula is C9H5FN2O2S. The van der Waals surface area contributed by atoms with Gasteiger partial charge in [-0.05, 0) is 12.1 Å². The number of nitrogens with zero attached hydrogens (tertiary/aromatic N) is 2. The van der Waals surface area contributed by atoms with Crippen molar-refractivity contribution in [1.29, 1.82) is 0 Å². The number of aromatic nitrogens is 2. The van der Waals surface area contributed by atoms with E-state index in [0.29, 0.717) is 0 Å². The van der Waals surface area contributed by atoms with Gasteiger partial charge in [-0.1, -0.05) is 23.5 Å². The lowest BCUT2D eigenvalue weighted by molar-refractivity contribution is 0.0695. The molecule has 0 fully saturated rings. The minimum atomic E-state index is -1.16. The maximum Gasteiger partial charge on any atom is 0.367 e. The summed E-state index contributed by atoms with van der Waals surface area (Å²) in [5.74, 6) is -1.60. The van der Waals surface area contributed by atoms with E-state index in [1.165, 1.54) is 12.1 Å². The van der Waals surface area contributed by atoms with Crippen molar-refractivity contribution in [3.05, 3.63) is 35.1 Å². The fraction of sp³-hybridized carbons (Fsp3) is 0. The summed E-state index contributed by atoms with van der Waals surface area (Å²) in [6.45, 7) is 0. The molecule has 0 aliphatic heterocycles. The number of carboxylic acids is 1. The smallest absolute Gasteiger partial charge is 0.367 e. The minimum absolute atomic E-state index is 0.145. The van der Waals surface area contributed by atoms with Crippen molar-refractivity contribution in [1.82, 2.24) is 10.2 Å². The van der Waals surface area contributed by atoms with E-state index >= 15 is 0 Å². The van der Waals surface area contributed by atoms with E-state index in [2.05, 4.69) is 10.2 Å². The van der Waals surface area contributed by atoms with Gasteiger partial charge in [-0.2, -0.15) is 0 Å². The molecule has 76 valence electrons. The number of carboxylic acid groups (broad SMARTS) is 1. The van der Waals surface area contributed by atoms with Crippen molar-refractivity contribution in [2.45, 2.75) is 0 Å². The first-order chi connectivity index (χ1) is 7.18. The number of carbonyl (C=O) groups is 1. The fourth-order valence-corrected chi connectivity index (χ4v) is 1.76. The zero-order chi connectivity index (χ0) is 10.8. The van der Waals surface area contributed by atoms with E-state index in [4.69, 9.17) is 5.11 Å². The van der Waals surface area contributed by atoms with Crippen molar-refractivity contribution >= 4 is 17.3 Å². The van der Waals surface area contributed by atoms with E-state index in [0.717, 1.165) is 11.3 Å². The molecule has 0 atom stereocenters. The average molecular weight is 224 g/mol. The van der Waals surface area contributed by atoms with Gasteiger partial charge in [0, 0.05) is 5.56 Å². The summed E-state index contributed by atoms with van der Waals surface area (Å²) in [6, 6.07) is 6.02. The molecule has 0 aliphatic carbocycles. The monoisotopic (exact) mass is 224 g/mol. The van der Waals surface area contributed by atoms with Crippen LogP contribution in [0.5, 0.6) is 0 Å². The van der Waals surface area contributed by atoms with Gasteiger partial charge in [-0.25, -0.2) is 9.18 Å². The minimum Gasteiger partial charge on any atom is -0.476 e. The Morgan fingerprint density at radius 3 is 2.67 bits per heavy atom. The summed E-state index contributed by atoms with van der Waals surface area (Å²) in [5.41, 5.74) is 0.266. The molecule has 0 saturated carbocycles. The largest absolute Gasteiger partial charge is 0.476 e. The van der Waals surface area contributed by atoms with Crippen LogP contribution in [0.1, 0.15) is 9.80 Å². The second-order valence-electron chi connectivity index (χ2n) is 2.70. The molecule has 6 heteroatoms. The van der Waals surface area contributed by atoms with Crippen molar-refractivity contribution in [3.63, 3.8) is 0 Å².